The molecule has 0 aromatic rings. The van der Waals surface area contributed by atoms with E-state index in [9.17, 15) is 0 Å². The zero-order chi connectivity index (χ0) is 11.4. The number of hydrogen-bond donors (Lipinski definition) is 1. The lowest BCUT2D eigenvalue weighted by Gasteiger charge is -2.33. The highest BCUT2D eigenvalue weighted by Gasteiger charge is 2.34. The molecule has 1 saturated heterocycles. The van der Waals surface area contributed by atoms with Crippen molar-refractivity contribution in [3.05, 3.63) is 0 Å². The Balaban J connectivity index is 1.86. The number of nitrogens with zero attached hydrogens (tertiary/aromatic N) is 1. The summed E-state index contributed by atoms with van der Waals surface area (Å²) in [4.78, 5) is 2.83. The van der Waals surface area contributed by atoms with Gasteiger partial charge in [-0.05, 0) is 45.1 Å². The van der Waals surface area contributed by atoms with Crippen LogP contribution in [0.2, 0.25) is 0 Å². The van der Waals surface area contributed by atoms with Crippen LogP contribution in [0.15, 0.2) is 0 Å². The van der Waals surface area contributed by atoms with E-state index >= 15 is 0 Å². The smallest absolute Gasteiger partial charge is 0.0195 e. The minimum Gasteiger partial charge on any atom is -0.313 e. The predicted molar refractivity (Wildman–Crippen MR) is 69.7 cm³/mol. The summed E-state index contributed by atoms with van der Waals surface area (Å²) < 4.78 is 0. The second-order valence-corrected chi connectivity index (χ2v) is 5.57. The second kappa shape index (κ2) is 6.02. The summed E-state index contributed by atoms with van der Waals surface area (Å²) in [6.45, 7) is 7.23. The lowest BCUT2D eigenvalue weighted by molar-refractivity contribution is 0.156. The van der Waals surface area contributed by atoms with E-state index in [4.69, 9.17) is 0 Å². The molecule has 0 bridgehead atoms. The van der Waals surface area contributed by atoms with Gasteiger partial charge in [0.05, 0.1) is 0 Å². The monoisotopic (exact) mass is 224 g/mol. The normalized spacial score (nSPS) is 27.6. The van der Waals surface area contributed by atoms with Gasteiger partial charge in [-0.25, -0.2) is 0 Å². The van der Waals surface area contributed by atoms with Gasteiger partial charge in [-0.1, -0.05) is 20.3 Å². The van der Waals surface area contributed by atoms with Crippen LogP contribution in [0.1, 0.15) is 58.8 Å². The molecule has 0 radical (unpaired) electrons. The van der Waals surface area contributed by atoms with Gasteiger partial charge in [0.15, 0.2) is 0 Å². The molecule has 1 heterocycles. The molecule has 1 saturated carbocycles. The van der Waals surface area contributed by atoms with Crippen LogP contribution in [0.4, 0.5) is 0 Å². The molecule has 0 aromatic carbocycles. The molecule has 2 heteroatoms. The molecule has 0 aromatic heterocycles. The molecule has 2 aliphatic rings. The van der Waals surface area contributed by atoms with E-state index in [2.05, 4.69) is 24.1 Å². The first-order valence-corrected chi connectivity index (χ1v) is 7.34. The summed E-state index contributed by atoms with van der Waals surface area (Å²) in [5, 5.41) is 3.65. The van der Waals surface area contributed by atoms with Crippen molar-refractivity contribution in [2.75, 3.05) is 13.1 Å². The van der Waals surface area contributed by atoms with Crippen molar-refractivity contribution in [2.24, 2.45) is 0 Å². The molecule has 0 amide bonds. The molecule has 1 N–H and O–H groups in total. The lowest BCUT2D eigenvalue weighted by atomic mass is 10.1. The van der Waals surface area contributed by atoms with E-state index in [1.165, 1.54) is 58.0 Å². The summed E-state index contributed by atoms with van der Waals surface area (Å²) >= 11 is 0. The van der Waals surface area contributed by atoms with Crippen molar-refractivity contribution in [1.82, 2.24) is 10.2 Å². The Labute approximate surface area is 101 Å². The van der Waals surface area contributed by atoms with E-state index in [1.54, 1.807) is 0 Å². The van der Waals surface area contributed by atoms with Crippen molar-refractivity contribution in [1.29, 1.82) is 0 Å². The molecule has 2 rings (SSSR count). The van der Waals surface area contributed by atoms with E-state index in [1.807, 2.05) is 0 Å². The van der Waals surface area contributed by atoms with Crippen molar-refractivity contribution in [3.63, 3.8) is 0 Å². The Hall–Kier alpha value is -0.0800. The van der Waals surface area contributed by atoms with Crippen LogP contribution >= 0.6 is 0 Å². The van der Waals surface area contributed by atoms with Crippen LogP contribution in [0.5, 0.6) is 0 Å². The molecular formula is C14H28N2. The van der Waals surface area contributed by atoms with Gasteiger partial charge in [0.25, 0.3) is 0 Å². The van der Waals surface area contributed by atoms with Crippen molar-refractivity contribution >= 4 is 0 Å². The minimum absolute atomic E-state index is 0.784. The van der Waals surface area contributed by atoms with Crippen molar-refractivity contribution in [2.45, 2.75) is 76.9 Å². The molecule has 1 aliphatic heterocycles. The maximum atomic E-state index is 3.65. The maximum Gasteiger partial charge on any atom is 0.0195 e. The summed E-state index contributed by atoms with van der Waals surface area (Å²) in [6, 6.07) is 2.56. The van der Waals surface area contributed by atoms with Crippen molar-refractivity contribution in [3.8, 4) is 0 Å². The van der Waals surface area contributed by atoms with Crippen LogP contribution in [0, 0.1) is 0 Å². The first kappa shape index (κ1) is 12.4. The Bertz CT molecular complexity index is 195. The van der Waals surface area contributed by atoms with E-state index in [0.29, 0.717) is 0 Å². The fraction of sp³-hybridized carbons (Fsp3) is 1.00. The number of nitrogens with one attached hydrogen (secondary N) is 1. The SMILES string of the molecule is CCCC(CC)N(CC1CCCN1)C1CC1. The summed E-state index contributed by atoms with van der Waals surface area (Å²) in [5.41, 5.74) is 0. The van der Waals surface area contributed by atoms with E-state index in [-0.39, 0.29) is 0 Å². The zero-order valence-electron chi connectivity index (χ0n) is 11.0. The van der Waals surface area contributed by atoms with Gasteiger partial charge < -0.3 is 5.32 Å². The van der Waals surface area contributed by atoms with Gasteiger partial charge in [-0.2, -0.15) is 0 Å². The molecule has 94 valence electrons. The highest BCUT2D eigenvalue weighted by atomic mass is 15.2. The first-order valence-electron chi connectivity index (χ1n) is 7.34. The summed E-state index contributed by atoms with van der Waals surface area (Å²) in [5.74, 6) is 0. The summed E-state index contributed by atoms with van der Waals surface area (Å²) in [7, 11) is 0. The van der Waals surface area contributed by atoms with Crippen LogP contribution < -0.4 is 5.32 Å². The predicted octanol–water partition coefficient (Wildman–Crippen LogP) is 2.78. The first-order chi connectivity index (χ1) is 7.85. The van der Waals surface area contributed by atoms with Crippen molar-refractivity contribution < 1.29 is 0 Å². The van der Waals surface area contributed by atoms with Crippen LogP contribution in [-0.2, 0) is 0 Å². The van der Waals surface area contributed by atoms with Gasteiger partial charge in [0, 0.05) is 24.7 Å². The fourth-order valence-electron chi connectivity index (χ4n) is 3.11. The average Bonchev–Trinajstić information content (AvgIpc) is 3.01. The molecule has 1 aliphatic carbocycles. The third-order valence-electron chi connectivity index (χ3n) is 4.17. The second-order valence-electron chi connectivity index (χ2n) is 5.57. The van der Waals surface area contributed by atoms with Gasteiger partial charge in [-0.15, -0.1) is 0 Å². The largest absolute Gasteiger partial charge is 0.313 e. The van der Waals surface area contributed by atoms with Gasteiger partial charge in [-0.3, -0.25) is 4.90 Å². The Morgan fingerprint density at radius 2 is 2.06 bits per heavy atom. The van der Waals surface area contributed by atoms with Crippen LogP contribution in [0.25, 0.3) is 0 Å². The summed E-state index contributed by atoms with van der Waals surface area (Å²) in [6.07, 6.45) is 9.73. The molecule has 0 spiro atoms. The molecule has 2 unspecified atom stereocenters. The molecule has 16 heavy (non-hydrogen) atoms. The van der Waals surface area contributed by atoms with Gasteiger partial charge in [0.2, 0.25) is 0 Å². The standard InChI is InChI=1S/C14H28N2/c1-3-6-13(4-2)16(14-8-9-14)11-12-7-5-10-15-12/h12-15H,3-11H2,1-2H3. The Kier molecular flexibility index (Phi) is 4.66. The van der Waals surface area contributed by atoms with E-state index in [0.717, 1.165) is 18.1 Å². The molecule has 2 nitrogen and oxygen atoms in total. The number of hydrogen-bond acceptors (Lipinski definition) is 2. The minimum atomic E-state index is 0.784. The highest BCUT2D eigenvalue weighted by molar-refractivity contribution is 4.91. The fourth-order valence-corrected chi connectivity index (χ4v) is 3.11. The molecule has 2 atom stereocenters. The highest BCUT2D eigenvalue weighted by Crippen LogP contribution is 2.31. The molecule has 2 fully saturated rings. The van der Waals surface area contributed by atoms with Gasteiger partial charge >= 0.3 is 0 Å². The third kappa shape index (κ3) is 3.21. The Morgan fingerprint density at radius 3 is 2.56 bits per heavy atom. The molecular weight excluding hydrogens is 196 g/mol. The number of rotatable bonds is 7. The average molecular weight is 224 g/mol. The van der Waals surface area contributed by atoms with Gasteiger partial charge in [0.1, 0.15) is 0 Å². The quantitative estimate of drug-likeness (QED) is 0.715. The lowest BCUT2D eigenvalue weighted by Crippen LogP contribution is -2.44. The van der Waals surface area contributed by atoms with Crippen LogP contribution in [-0.4, -0.2) is 36.1 Å². The maximum absolute atomic E-state index is 3.65. The zero-order valence-corrected chi connectivity index (χ0v) is 11.0. The van der Waals surface area contributed by atoms with E-state index < -0.39 is 0 Å². The topological polar surface area (TPSA) is 15.3 Å². The Morgan fingerprint density at radius 1 is 1.25 bits per heavy atom. The third-order valence-corrected chi connectivity index (χ3v) is 4.17. The van der Waals surface area contributed by atoms with Crippen LogP contribution in [0.3, 0.4) is 0 Å².